The van der Waals surface area contributed by atoms with Gasteiger partial charge < -0.3 is 15.8 Å². The van der Waals surface area contributed by atoms with Crippen molar-refractivity contribution >= 4 is 11.6 Å². The first-order valence-electron chi connectivity index (χ1n) is 7.44. The van der Waals surface area contributed by atoms with Gasteiger partial charge in [-0.3, -0.25) is 4.79 Å². The number of amides is 1. The number of ether oxygens (including phenoxy) is 1. The Labute approximate surface area is 118 Å². The van der Waals surface area contributed by atoms with Gasteiger partial charge in [-0.15, -0.1) is 0 Å². The molecule has 0 radical (unpaired) electrons. The Bertz CT molecular complexity index is 556. The summed E-state index contributed by atoms with van der Waals surface area (Å²) in [5, 5.41) is 3.20. The Balaban J connectivity index is 1.51. The number of methoxy groups -OCH3 is 1. The van der Waals surface area contributed by atoms with Gasteiger partial charge in [0, 0.05) is 6.04 Å². The predicted octanol–water partition coefficient (Wildman–Crippen LogP) is 2.05. The average molecular weight is 272 g/mol. The van der Waals surface area contributed by atoms with Gasteiger partial charge in [0.2, 0.25) is 0 Å². The third kappa shape index (κ3) is 1.57. The maximum Gasteiger partial charge on any atom is 0.255 e. The van der Waals surface area contributed by atoms with E-state index < -0.39 is 0 Å². The molecule has 106 valence electrons. The van der Waals surface area contributed by atoms with Crippen molar-refractivity contribution in [1.82, 2.24) is 5.32 Å². The van der Waals surface area contributed by atoms with E-state index in [2.05, 4.69) is 5.32 Å². The zero-order chi connectivity index (χ0) is 13.9. The van der Waals surface area contributed by atoms with Crippen LogP contribution in [0.5, 0.6) is 5.75 Å². The smallest absolute Gasteiger partial charge is 0.255 e. The van der Waals surface area contributed by atoms with Crippen LogP contribution in [0.4, 0.5) is 5.69 Å². The van der Waals surface area contributed by atoms with Crippen molar-refractivity contribution in [2.24, 2.45) is 23.7 Å². The van der Waals surface area contributed by atoms with Gasteiger partial charge in [0.1, 0.15) is 0 Å². The van der Waals surface area contributed by atoms with Crippen molar-refractivity contribution in [1.29, 1.82) is 0 Å². The molecule has 3 aliphatic carbocycles. The number of fused-ring (bicyclic) bond motifs is 5. The van der Waals surface area contributed by atoms with E-state index in [1.807, 2.05) is 0 Å². The van der Waals surface area contributed by atoms with Crippen LogP contribution in [0.15, 0.2) is 18.2 Å². The maximum absolute atomic E-state index is 12.4. The third-order valence-corrected chi connectivity index (χ3v) is 5.53. The number of hydrogen-bond acceptors (Lipinski definition) is 3. The molecule has 4 atom stereocenters. The minimum Gasteiger partial charge on any atom is -0.494 e. The first kappa shape index (κ1) is 12.1. The minimum absolute atomic E-state index is 0.0482. The maximum atomic E-state index is 12.4. The van der Waals surface area contributed by atoms with Crippen molar-refractivity contribution in [2.75, 3.05) is 12.8 Å². The van der Waals surface area contributed by atoms with E-state index in [4.69, 9.17) is 10.5 Å². The molecule has 3 saturated carbocycles. The summed E-state index contributed by atoms with van der Waals surface area (Å²) in [6.07, 6.45) is 4.11. The van der Waals surface area contributed by atoms with Crippen LogP contribution in [0.2, 0.25) is 0 Å². The summed E-state index contributed by atoms with van der Waals surface area (Å²) in [6.45, 7) is 0. The fourth-order valence-corrected chi connectivity index (χ4v) is 4.71. The Hall–Kier alpha value is -1.71. The van der Waals surface area contributed by atoms with Crippen molar-refractivity contribution in [3.63, 3.8) is 0 Å². The lowest BCUT2D eigenvalue weighted by atomic mass is 10.0. The lowest BCUT2D eigenvalue weighted by molar-refractivity contribution is 0.0941. The quantitative estimate of drug-likeness (QED) is 0.828. The fourth-order valence-electron chi connectivity index (χ4n) is 4.71. The number of anilines is 1. The second-order valence-electron chi connectivity index (χ2n) is 6.42. The van der Waals surface area contributed by atoms with Crippen molar-refractivity contribution in [3.8, 4) is 5.75 Å². The van der Waals surface area contributed by atoms with Crippen LogP contribution < -0.4 is 15.8 Å². The number of nitrogens with one attached hydrogen (secondary N) is 1. The highest BCUT2D eigenvalue weighted by atomic mass is 16.5. The van der Waals surface area contributed by atoms with E-state index in [0.717, 1.165) is 23.7 Å². The molecule has 0 aromatic heterocycles. The van der Waals surface area contributed by atoms with Gasteiger partial charge in [0.25, 0.3) is 5.91 Å². The molecule has 4 nitrogen and oxygen atoms in total. The lowest BCUT2D eigenvalue weighted by Crippen LogP contribution is -2.30. The summed E-state index contributed by atoms with van der Waals surface area (Å²) in [5.74, 6) is 3.64. The molecule has 4 unspecified atom stereocenters. The number of hydrogen-bond donors (Lipinski definition) is 2. The van der Waals surface area contributed by atoms with Crippen molar-refractivity contribution in [3.05, 3.63) is 23.8 Å². The van der Waals surface area contributed by atoms with Crippen LogP contribution >= 0.6 is 0 Å². The molecule has 1 amide bonds. The molecular formula is C16H20N2O2. The largest absolute Gasteiger partial charge is 0.494 e. The van der Waals surface area contributed by atoms with E-state index in [-0.39, 0.29) is 5.91 Å². The van der Waals surface area contributed by atoms with Crippen LogP contribution in [0.3, 0.4) is 0 Å². The molecule has 3 N–H and O–H groups in total. The second kappa shape index (κ2) is 4.14. The fraction of sp³-hybridized carbons (Fsp3) is 0.562. The van der Waals surface area contributed by atoms with E-state index >= 15 is 0 Å². The van der Waals surface area contributed by atoms with Crippen LogP contribution in [0, 0.1) is 23.7 Å². The number of carbonyl (C=O) groups is 1. The number of rotatable bonds is 3. The van der Waals surface area contributed by atoms with Gasteiger partial charge in [-0.05, 0) is 55.1 Å². The first-order chi connectivity index (χ1) is 9.70. The Morgan fingerprint density at radius 1 is 1.30 bits per heavy atom. The number of benzene rings is 1. The zero-order valence-electron chi connectivity index (χ0n) is 11.6. The number of carbonyl (C=O) groups excluding carboxylic acids is 1. The molecule has 0 aliphatic heterocycles. The minimum atomic E-state index is -0.0482. The second-order valence-corrected chi connectivity index (χ2v) is 6.42. The van der Waals surface area contributed by atoms with Gasteiger partial charge in [-0.1, -0.05) is 6.07 Å². The van der Waals surface area contributed by atoms with E-state index in [1.165, 1.54) is 19.3 Å². The number of nitrogen functional groups attached to an aromatic ring is 1. The standard InChI is InChI=1S/C16H20N2O2/c1-20-15-10(3-2-4-11(15)17)16(19)18-14-12-8-5-6-9(7-8)13(12)14/h2-4,8-9,12-14H,5-7,17H2,1H3,(H,18,19). The van der Waals surface area contributed by atoms with Gasteiger partial charge in [-0.2, -0.15) is 0 Å². The molecule has 0 saturated heterocycles. The normalized spacial score (nSPS) is 36.5. The van der Waals surface area contributed by atoms with Gasteiger partial charge >= 0.3 is 0 Å². The summed E-state index contributed by atoms with van der Waals surface area (Å²) >= 11 is 0. The molecule has 0 spiro atoms. The Morgan fingerprint density at radius 3 is 2.65 bits per heavy atom. The predicted molar refractivity (Wildman–Crippen MR) is 76.5 cm³/mol. The monoisotopic (exact) mass is 272 g/mol. The molecule has 3 aliphatic rings. The van der Waals surface area contributed by atoms with E-state index in [1.54, 1.807) is 25.3 Å². The average Bonchev–Trinajstić information content (AvgIpc) is 2.84. The molecule has 20 heavy (non-hydrogen) atoms. The molecule has 1 aromatic rings. The molecule has 0 heterocycles. The topological polar surface area (TPSA) is 64.3 Å². The molecule has 4 heteroatoms. The molecular weight excluding hydrogens is 252 g/mol. The zero-order valence-corrected chi connectivity index (χ0v) is 11.6. The lowest BCUT2D eigenvalue weighted by Gasteiger charge is -2.13. The van der Waals surface area contributed by atoms with Gasteiger partial charge in [-0.25, -0.2) is 0 Å². The van der Waals surface area contributed by atoms with Crippen LogP contribution in [0.25, 0.3) is 0 Å². The molecule has 3 fully saturated rings. The van der Waals surface area contributed by atoms with Gasteiger partial charge in [0.05, 0.1) is 18.4 Å². The summed E-state index contributed by atoms with van der Waals surface area (Å²) in [6, 6.07) is 5.71. The van der Waals surface area contributed by atoms with Crippen LogP contribution in [-0.2, 0) is 0 Å². The summed E-state index contributed by atoms with van der Waals surface area (Å²) < 4.78 is 5.26. The molecule has 4 rings (SSSR count). The highest BCUT2D eigenvalue weighted by Crippen LogP contribution is 2.65. The summed E-state index contributed by atoms with van der Waals surface area (Å²) in [5.41, 5.74) is 6.91. The first-order valence-corrected chi connectivity index (χ1v) is 7.44. The summed E-state index contributed by atoms with van der Waals surface area (Å²) in [4.78, 5) is 12.4. The SMILES string of the molecule is COc1c(N)cccc1C(=O)NC1C2C3CCC(C3)C12. The highest BCUT2D eigenvalue weighted by Gasteiger charge is 2.65. The molecule has 2 bridgehead atoms. The third-order valence-electron chi connectivity index (χ3n) is 5.53. The summed E-state index contributed by atoms with van der Waals surface area (Å²) in [7, 11) is 1.55. The number of para-hydroxylation sites is 1. The van der Waals surface area contributed by atoms with Crippen LogP contribution in [0.1, 0.15) is 29.6 Å². The van der Waals surface area contributed by atoms with Gasteiger partial charge in [0.15, 0.2) is 5.75 Å². The number of nitrogens with two attached hydrogens (primary N) is 1. The van der Waals surface area contributed by atoms with Crippen molar-refractivity contribution < 1.29 is 9.53 Å². The van der Waals surface area contributed by atoms with E-state index in [0.29, 0.717) is 23.0 Å². The van der Waals surface area contributed by atoms with Crippen molar-refractivity contribution in [2.45, 2.75) is 25.3 Å². The van der Waals surface area contributed by atoms with Crippen LogP contribution in [-0.4, -0.2) is 19.1 Å². The Kier molecular flexibility index (Phi) is 2.50. The Morgan fingerprint density at radius 2 is 2.00 bits per heavy atom. The van der Waals surface area contributed by atoms with E-state index in [9.17, 15) is 4.79 Å². The molecule has 1 aromatic carbocycles. The highest BCUT2D eigenvalue weighted by molar-refractivity contribution is 5.99.